The number of nitrogens with zero attached hydrogens (tertiary/aromatic N) is 1. The summed E-state index contributed by atoms with van der Waals surface area (Å²) in [6.45, 7) is 0.523. The predicted molar refractivity (Wildman–Crippen MR) is 72.9 cm³/mol. The molecule has 1 heterocycles. The zero-order chi connectivity index (χ0) is 13.0. The van der Waals surface area contributed by atoms with E-state index in [1.54, 1.807) is 0 Å². The fourth-order valence-electron chi connectivity index (χ4n) is 2.57. The first-order valence-electron chi connectivity index (χ1n) is 6.42. The third-order valence-corrected chi connectivity index (χ3v) is 3.94. The van der Waals surface area contributed by atoms with Gasteiger partial charge in [-0.25, -0.2) is 4.98 Å². The number of nitrogens with one attached hydrogen (secondary N) is 2. The van der Waals surface area contributed by atoms with E-state index in [2.05, 4.69) is 15.3 Å². The maximum atomic E-state index is 11.4. The van der Waals surface area contributed by atoms with E-state index in [1.807, 2.05) is 0 Å². The SMILES string of the molecule is NCC(Nc1nc[nH]c(=O)c1Cl)C1CCCCC1. The second-order valence-corrected chi connectivity index (χ2v) is 5.16. The molecule has 0 aromatic carbocycles. The zero-order valence-corrected chi connectivity index (χ0v) is 11.0. The highest BCUT2D eigenvalue weighted by molar-refractivity contribution is 6.32. The molecule has 100 valence electrons. The van der Waals surface area contributed by atoms with E-state index in [-0.39, 0.29) is 16.6 Å². The highest BCUT2D eigenvalue weighted by Gasteiger charge is 2.23. The van der Waals surface area contributed by atoms with Gasteiger partial charge in [0, 0.05) is 12.6 Å². The number of hydrogen-bond acceptors (Lipinski definition) is 4. The van der Waals surface area contributed by atoms with Crippen molar-refractivity contribution in [3.63, 3.8) is 0 Å². The first kappa shape index (κ1) is 13.4. The molecule has 0 bridgehead atoms. The largest absolute Gasteiger partial charge is 0.364 e. The molecule has 5 nitrogen and oxygen atoms in total. The van der Waals surface area contributed by atoms with E-state index < -0.39 is 0 Å². The van der Waals surface area contributed by atoms with Crippen molar-refractivity contribution in [2.45, 2.75) is 38.1 Å². The lowest BCUT2D eigenvalue weighted by Crippen LogP contribution is -2.38. The van der Waals surface area contributed by atoms with Gasteiger partial charge in [-0.2, -0.15) is 0 Å². The molecule has 1 aliphatic carbocycles. The molecule has 1 saturated carbocycles. The average molecular weight is 271 g/mol. The van der Waals surface area contributed by atoms with Gasteiger partial charge < -0.3 is 16.0 Å². The van der Waals surface area contributed by atoms with Crippen LogP contribution in [-0.2, 0) is 0 Å². The van der Waals surface area contributed by atoms with Gasteiger partial charge >= 0.3 is 0 Å². The number of hydrogen-bond donors (Lipinski definition) is 3. The van der Waals surface area contributed by atoms with E-state index in [1.165, 1.54) is 38.4 Å². The Morgan fingerprint density at radius 1 is 1.50 bits per heavy atom. The first-order valence-corrected chi connectivity index (χ1v) is 6.80. The molecule has 1 atom stereocenters. The van der Waals surface area contributed by atoms with E-state index >= 15 is 0 Å². The number of H-pyrrole nitrogens is 1. The molecule has 0 spiro atoms. The van der Waals surface area contributed by atoms with Crippen molar-refractivity contribution in [1.29, 1.82) is 0 Å². The summed E-state index contributed by atoms with van der Waals surface area (Å²) < 4.78 is 0. The van der Waals surface area contributed by atoms with Crippen LogP contribution < -0.4 is 16.6 Å². The Bertz CT molecular complexity index is 442. The monoisotopic (exact) mass is 270 g/mol. The standard InChI is InChI=1S/C12H19ClN4O/c13-10-11(15-7-16-12(10)18)17-9(6-14)8-4-2-1-3-5-8/h7-9H,1-6,14H2,(H2,15,16,17,18). The van der Waals surface area contributed by atoms with Crippen LogP contribution in [0.4, 0.5) is 5.82 Å². The van der Waals surface area contributed by atoms with E-state index in [0.717, 1.165) is 0 Å². The van der Waals surface area contributed by atoms with Crippen molar-refractivity contribution in [2.24, 2.45) is 11.7 Å². The molecule has 0 saturated heterocycles. The second kappa shape index (κ2) is 6.20. The molecule has 18 heavy (non-hydrogen) atoms. The number of anilines is 1. The quantitative estimate of drug-likeness (QED) is 0.778. The van der Waals surface area contributed by atoms with Gasteiger partial charge in [0.2, 0.25) is 0 Å². The van der Waals surface area contributed by atoms with Crippen LogP contribution in [0.1, 0.15) is 32.1 Å². The maximum absolute atomic E-state index is 11.4. The third-order valence-electron chi connectivity index (χ3n) is 3.59. The van der Waals surface area contributed by atoms with Crippen molar-refractivity contribution in [3.8, 4) is 0 Å². The van der Waals surface area contributed by atoms with Crippen LogP contribution in [-0.4, -0.2) is 22.6 Å². The molecule has 0 aliphatic heterocycles. The van der Waals surface area contributed by atoms with Crippen molar-refractivity contribution < 1.29 is 0 Å². The van der Waals surface area contributed by atoms with Crippen molar-refractivity contribution >= 4 is 17.4 Å². The highest BCUT2D eigenvalue weighted by atomic mass is 35.5. The molecular formula is C12H19ClN4O. The Kier molecular flexibility index (Phi) is 4.60. The molecule has 6 heteroatoms. The summed E-state index contributed by atoms with van der Waals surface area (Å²) in [6.07, 6.45) is 7.51. The van der Waals surface area contributed by atoms with Crippen LogP contribution >= 0.6 is 11.6 Å². The number of aromatic nitrogens is 2. The second-order valence-electron chi connectivity index (χ2n) is 4.78. The maximum Gasteiger partial charge on any atom is 0.271 e. The summed E-state index contributed by atoms with van der Waals surface area (Å²) in [5, 5.41) is 3.32. The molecule has 1 fully saturated rings. The van der Waals surface area contributed by atoms with Gasteiger partial charge in [-0.1, -0.05) is 30.9 Å². The Morgan fingerprint density at radius 3 is 2.89 bits per heavy atom. The zero-order valence-electron chi connectivity index (χ0n) is 10.3. The Balaban J connectivity index is 2.09. The number of aromatic amines is 1. The smallest absolute Gasteiger partial charge is 0.271 e. The Labute approximate surface area is 111 Å². The summed E-state index contributed by atoms with van der Waals surface area (Å²) >= 11 is 5.92. The van der Waals surface area contributed by atoms with Crippen LogP contribution in [0.5, 0.6) is 0 Å². The average Bonchev–Trinajstić information content (AvgIpc) is 2.41. The molecule has 0 amide bonds. The molecule has 1 unspecified atom stereocenters. The molecule has 1 aromatic heterocycles. The van der Waals surface area contributed by atoms with Gasteiger partial charge in [-0.05, 0) is 18.8 Å². The lowest BCUT2D eigenvalue weighted by Gasteiger charge is -2.30. The van der Waals surface area contributed by atoms with Gasteiger partial charge in [0.1, 0.15) is 5.02 Å². The minimum Gasteiger partial charge on any atom is -0.364 e. The topological polar surface area (TPSA) is 83.8 Å². The molecule has 4 N–H and O–H groups in total. The van der Waals surface area contributed by atoms with E-state index in [9.17, 15) is 4.79 Å². The fraction of sp³-hybridized carbons (Fsp3) is 0.667. The fourth-order valence-corrected chi connectivity index (χ4v) is 2.72. The highest BCUT2D eigenvalue weighted by Crippen LogP contribution is 2.28. The van der Waals surface area contributed by atoms with E-state index in [0.29, 0.717) is 18.3 Å². The summed E-state index contributed by atoms with van der Waals surface area (Å²) in [7, 11) is 0. The third kappa shape index (κ3) is 3.03. The van der Waals surface area contributed by atoms with Crippen LogP contribution in [0.3, 0.4) is 0 Å². The van der Waals surface area contributed by atoms with Crippen molar-refractivity contribution in [1.82, 2.24) is 9.97 Å². The number of nitrogens with two attached hydrogens (primary N) is 1. The van der Waals surface area contributed by atoms with Gasteiger partial charge in [0.25, 0.3) is 5.56 Å². The summed E-state index contributed by atoms with van der Waals surface area (Å²) in [5.41, 5.74) is 5.49. The minimum absolute atomic E-state index is 0.103. The lowest BCUT2D eigenvalue weighted by atomic mass is 9.84. The van der Waals surface area contributed by atoms with Gasteiger partial charge in [0.15, 0.2) is 5.82 Å². The van der Waals surface area contributed by atoms with Crippen LogP contribution in [0.2, 0.25) is 5.02 Å². The lowest BCUT2D eigenvalue weighted by molar-refractivity contribution is 0.320. The van der Waals surface area contributed by atoms with Crippen LogP contribution in [0, 0.1) is 5.92 Å². The van der Waals surface area contributed by atoms with Crippen LogP contribution in [0.15, 0.2) is 11.1 Å². The van der Waals surface area contributed by atoms with Gasteiger partial charge in [0.05, 0.1) is 6.33 Å². The molecular weight excluding hydrogens is 252 g/mol. The summed E-state index contributed by atoms with van der Waals surface area (Å²) in [5.74, 6) is 0.974. The summed E-state index contributed by atoms with van der Waals surface area (Å²) in [4.78, 5) is 17.9. The normalized spacial score (nSPS) is 18.6. The Morgan fingerprint density at radius 2 is 2.22 bits per heavy atom. The predicted octanol–water partition coefficient (Wildman–Crippen LogP) is 1.74. The van der Waals surface area contributed by atoms with E-state index in [4.69, 9.17) is 17.3 Å². The minimum atomic E-state index is -0.325. The van der Waals surface area contributed by atoms with Gasteiger partial charge in [-0.3, -0.25) is 4.79 Å². The summed E-state index contributed by atoms with van der Waals surface area (Å²) in [6, 6.07) is 0.136. The van der Waals surface area contributed by atoms with Crippen molar-refractivity contribution in [3.05, 3.63) is 21.7 Å². The first-order chi connectivity index (χ1) is 8.72. The molecule has 0 radical (unpaired) electrons. The van der Waals surface area contributed by atoms with Gasteiger partial charge in [-0.15, -0.1) is 0 Å². The molecule has 1 aromatic rings. The number of rotatable bonds is 4. The Hall–Kier alpha value is -1.07. The molecule has 1 aliphatic rings. The van der Waals surface area contributed by atoms with Crippen molar-refractivity contribution in [2.75, 3.05) is 11.9 Å². The number of halogens is 1. The molecule has 2 rings (SSSR count). The van der Waals surface area contributed by atoms with Crippen LogP contribution in [0.25, 0.3) is 0 Å².